The molecule has 6 nitrogen and oxygen atoms in total. The van der Waals surface area contributed by atoms with Crippen molar-refractivity contribution in [3.05, 3.63) is 35.9 Å². The van der Waals surface area contributed by atoms with Crippen LogP contribution in [0.1, 0.15) is 11.6 Å². The molecule has 1 aromatic rings. The van der Waals surface area contributed by atoms with E-state index >= 15 is 0 Å². The van der Waals surface area contributed by atoms with Gasteiger partial charge in [-0.15, -0.1) is 0 Å². The van der Waals surface area contributed by atoms with Crippen molar-refractivity contribution in [2.45, 2.75) is 6.04 Å². The molecule has 1 saturated heterocycles. The molecule has 1 aliphatic rings. The molecule has 0 aromatic heterocycles. The number of amides is 3. The molecular weight excluding hydrogens is 268 g/mol. The lowest BCUT2D eigenvalue weighted by atomic mass is 10.0. The van der Waals surface area contributed by atoms with Gasteiger partial charge in [0, 0.05) is 40.3 Å². The highest BCUT2D eigenvalue weighted by atomic mass is 16.2. The summed E-state index contributed by atoms with van der Waals surface area (Å²) in [6, 6.07) is 9.11. The maximum atomic E-state index is 11.9. The average molecular weight is 290 g/mol. The smallest absolute Gasteiger partial charge is 0.319 e. The number of hydrogen-bond donors (Lipinski definition) is 1. The van der Waals surface area contributed by atoms with Crippen LogP contribution in [-0.4, -0.2) is 66.9 Å². The summed E-state index contributed by atoms with van der Waals surface area (Å²) in [4.78, 5) is 29.1. The maximum absolute atomic E-state index is 11.9. The Labute approximate surface area is 125 Å². The normalized spacial score (nSPS) is 17.3. The minimum Gasteiger partial charge on any atom is -0.368 e. The molecule has 1 aliphatic heterocycles. The second-order valence-corrected chi connectivity index (χ2v) is 5.42. The van der Waals surface area contributed by atoms with Gasteiger partial charge in [-0.3, -0.25) is 9.69 Å². The molecule has 1 fully saturated rings. The summed E-state index contributed by atoms with van der Waals surface area (Å²) >= 11 is 0. The van der Waals surface area contributed by atoms with Gasteiger partial charge in [-0.25, -0.2) is 4.79 Å². The maximum Gasteiger partial charge on any atom is 0.319 e. The molecule has 1 aromatic carbocycles. The zero-order valence-electron chi connectivity index (χ0n) is 12.5. The summed E-state index contributed by atoms with van der Waals surface area (Å²) < 4.78 is 0. The summed E-state index contributed by atoms with van der Waals surface area (Å²) in [6.45, 7) is 2.49. The Morgan fingerprint density at radius 2 is 1.67 bits per heavy atom. The molecule has 1 heterocycles. The van der Waals surface area contributed by atoms with Gasteiger partial charge in [-0.2, -0.15) is 0 Å². The van der Waals surface area contributed by atoms with Crippen LogP contribution in [-0.2, 0) is 4.79 Å². The topological polar surface area (TPSA) is 69.9 Å². The Morgan fingerprint density at radius 3 is 2.14 bits per heavy atom. The Kier molecular flexibility index (Phi) is 4.80. The molecule has 21 heavy (non-hydrogen) atoms. The van der Waals surface area contributed by atoms with E-state index in [0.29, 0.717) is 26.2 Å². The summed E-state index contributed by atoms with van der Waals surface area (Å²) in [6.07, 6.45) is 0. The van der Waals surface area contributed by atoms with Gasteiger partial charge in [-0.1, -0.05) is 30.3 Å². The van der Waals surface area contributed by atoms with Crippen LogP contribution in [0.15, 0.2) is 30.3 Å². The van der Waals surface area contributed by atoms with Gasteiger partial charge in [0.05, 0.1) is 0 Å². The van der Waals surface area contributed by atoms with Crippen molar-refractivity contribution in [1.82, 2.24) is 14.7 Å². The number of rotatable bonds is 3. The van der Waals surface area contributed by atoms with E-state index in [-0.39, 0.29) is 11.9 Å². The molecule has 3 amide bonds. The molecule has 0 aliphatic carbocycles. The van der Waals surface area contributed by atoms with Crippen LogP contribution in [0.25, 0.3) is 0 Å². The van der Waals surface area contributed by atoms with Gasteiger partial charge in [0.1, 0.15) is 6.04 Å². The standard InChI is InChI=1S/C15H22N4O2/c1-17(2)15(21)19-10-8-18(9-11-19)13(14(16)20)12-6-4-3-5-7-12/h3-7,13H,8-11H2,1-2H3,(H2,16,20). The average Bonchev–Trinajstić information content (AvgIpc) is 2.48. The van der Waals surface area contributed by atoms with Gasteiger partial charge in [0.2, 0.25) is 5.91 Å². The van der Waals surface area contributed by atoms with Crippen LogP contribution in [0.2, 0.25) is 0 Å². The minimum absolute atomic E-state index is 0.00462. The minimum atomic E-state index is -0.428. The quantitative estimate of drug-likeness (QED) is 0.882. The van der Waals surface area contributed by atoms with Crippen molar-refractivity contribution >= 4 is 11.9 Å². The van der Waals surface area contributed by atoms with Crippen molar-refractivity contribution in [1.29, 1.82) is 0 Å². The van der Waals surface area contributed by atoms with Gasteiger partial charge < -0.3 is 15.5 Å². The predicted octanol–water partition coefficient (Wildman–Crippen LogP) is 0.512. The van der Waals surface area contributed by atoms with Crippen LogP contribution in [0.3, 0.4) is 0 Å². The fourth-order valence-electron chi connectivity index (χ4n) is 2.64. The fraction of sp³-hybridized carbons (Fsp3) is 0.467. The monoisotopic (exact) mass is 290 g/mol. The zero-order chi connectivity index (χ0) is 15.4. The first-order chi connectivity index (χ1) is 10.0. The highest BCUT2D eigenvalue weighted by molar-refractivity contribution is 5.81. The van der Waals surface area contributed by atoms with Crippen molar-refractivity contribution in [3.63, 3.8) is 0 Å². The molecule has 6 heteroatoms. The van der Waals surface area contributed by atoms with Crippen molar-refractivity contribution in [2.24, 2.45) is 5.73 Å². The van der Waals surface area contributed by atoms with E-state index in [0.717, 1.165) is 5.56 Å². The molecule has 1 atom stereocenters. The number of nitrogens with two attached hydrogens (primary N) is 1. The molecule has 0 radical (unpaired) electrons. The third-order valence-corrected chi connectivity index (χ3v) is 3.72. The predicted molar refractivity (Wildman–Crippen MR) is 80.6 cm³/mol. The van der Waals surface area contributed by atoms with Crippen molar-refractivity contribution in [3.8, 4) is 0 Å². The van der Waals surface area contributed by atoms with E-state index in [1.54, 1.807) is 23.9 Å². The Morgan fingerprint density at radius 1 is 1.10 bits per heavy atom. The second-order valence-electron chi connectivity index (χ2n) is 5.42. The SMILES string of the molecule is CN(C)C(=O)N1CCN(C(C(N)=O)c2ccccc2)CC1. The molecular formula is C15H22N4O2. The van der Waals surface area contributed by atoms with Crippen LogP contribution in [0.5, 0.6) is 0 Å². The molecule has 0 saturated carbocycles. The number of benzene rings is 1. The van der Waals surface area contributed by atoms with E-state index in [9.17, 15) is 9.59 Å². The summed E-state index contributed by atoms with van der Waals surface area (Å²) in [5.74, 6) is -0.353. The van der Waals surface area contributed by atoms with Crippen LogP contribution >= 0.6 is 0 Å². The van der Waals surface area contributed by atoms with Gasteiger partial charge >= 0.3 is 6.03 Å². The van der Waals surface area contributed by atoms with E-state index in [1.807, 2.05) is 35.2 Å². The lowest BCUT2D eigenvalue weighted by molar-refractivity contribution is -0.124. The lowest BCUT2D eigenvalue weighted by Crippen LogP contribution is -2.53. The summed E-state index contributed by atoms with van der Waals surface area (Å²) in [5, 5.41) is 0. The number of nitrogens with zero attached hydrogens (tertiary/aromatic N) is 3. The largest absolute Gasteiger partial charge is 0.368 e. The third-order valence-electron chi connectivity index (χ3n) is 3.72. The molecule has 1 unspecified atom stereocenters. The number of hydrogen-bond acceptors (Lipinski definition) is 3. The first-order valence-corrected chi connectivity index (χ1v) is 7.05. The Bertz CT molecular complexity index is 496. The third kappa shape index (κ3) is 3.52. The van der Waals surface area contributed by atoms with Crippen LogP contribution in [0, 0.1) is 0 Å². The number of carbonyl (C=O) groups is 2. The number of carbonyl (C=O) groups excluding carboxylic acids is 2. The summed E-state index contributed by atoms with van der Waals surface area (Å²) in [5.41, 5.74) is 6.47. The highest BCUT2D eigenvalue weighted by Crippen LogP contribution is 2.22. The van der Waals surface area contributed by atoms with Crippen molar-refractivity contribution < 1.29 is 9.59 Å². The number of primary amides is 1. The van der Waals surface area contributed by atoms with Crippen LogP contribution in [0.4, 0.5) is 4.79 Å². The molecule has 0 bridgehead atoms. The first kappa shape index (κ1) is 15.3. The number of urea groups is 1. The number of piperazine rings is 1. The summed E-state index contributed by atoms with van der Waals surface area (Å²) in [7, 11) is 3.48. The van der Waals surface area contributed by atoms with Crippen LogP contribution < -0.4 is 5.73 Å². The molecule has 0 spiro atoms. The van der Waals surface area contributed by atoms with Gasteiger partial charge in [0.15, 0.2) is 0 Å². The van der Waals surface area contributed by atoms with Gasteiger partial charge in [0.25, 0.3) is 0 Å². The van der Waals surface area contributed by atoms with E-state index in [2.05, 4.69) is 0 Å². The lowest BCUT2D eigenvalue weighted by Gasteiger charge is -2.39. The van der Waals surface area contributed by atoms with Crippen molar-refractivity contribution in [2.75, 3.05) is 40.3 Å². The van der Waals surface area contributed by atoms with E-state index in [4.69, 9.17) is 5.73 Å². The Balaban J connectivity index is 2.05. The van der Waals surface area contributed by atoms with E-state index < -0.39 is 6.04 Å². The molecule has 2 rings (SSSR count). The van der Waals surface area contributed by atoms with Gasteiger partial charge in [-0.05, 0) is 5.56 Å². The van der Waals surface area contributed by atoms with E-state index in [1.165, 1.54) is 0 Å². The zero-order valence-corrected chi connectivity index (χ0v) is 12.5. The fourth-order valence-corrected chi connectivity index (χ4v) is 2.64. The molecule has 2 N–H and O–H groups in total. The molecule has 114 valence electrons. The first-order valence-electron chi connectivity index (χ1n) is 7.05. The second kappa shape index (κ2) is 6.58. The highest BCUT2D eigenvalue weighted by Gasteiger charge is 2.30. The Hall–Kier alpha value is -2.08.